The van der Waals surface area contributed by atoms with Crippen LogP contribution in [0.2, 0.25) is 5.02 Å². The predicted octanol–water partition coefficient (Wildman–Crippen LogP) is 22.5. The van der Waals surface area contributed by atoms with Gasteiger partial charge >= 0.3 is 0 Å². The first-order valence-electron chi connectivity index (χ1n) is 40.3. The first-order valence-corrected chi connectivity index (χ1v) is 47.1. The van der Waals surface area contributed by atoms with Gasteiger partial charge in [-0.05, 0) is 235 Å². The van der Waals surface area contributed by atoms with Gasteiger partial charge in [0.2, 0.25) is 0 Å². The van der Waals surface area contributed by atoms with Gasteiger partial charge in [-0.1, -0.05) is 101 Å². The Morgan fingerprint density at radius 2 is 0.897 bits per heavy atom. The Bertz CT molecular complexity index is 6930. The van der Waals surface area contributed by atoms with Crippen LogP contribution < -0.4 is 10.2 Å². The van der Waals surface area contributed by atoms with Crippen LogP contribution in [0.25, 0.3) is 39.1 Å². The van der Waals surface area contributed by atoms with Gasteiger partial charge in [0.25, 0.3) is 0 Å². The lowest BCUT2D eigenvalue weighted by molar-refractivity contribution is 0.444. The van der Waals surface area contributed by atoms with Crippen molar-refractivity contribution in [2.75, 3.05) is 34.8 Å². The molecule has 2 aliphatic rings. The van der Waals surface area contributed by atoms with Crippen molar-refractivity contribution in [3.8, 4) is 99.2 Å². The minimum atomic E-state index is 0.613. The van der Waals surface area contributed by atoms with E-state index in [1.807, 2.05) is 220 Å². The number of aryl methyl sites for hydroxylation is 8. The lowest BCUT2D eigenvalue weighted by Gasteiger charge is -2.27. The Hall–Kier alpha value is -13.4. The Morgan fingerprint density at radius 3 is 1.37 bits per heavy atom. The number of halogens is 1. The summed E-state index contributed by atoms with van der Waals surface area (Å²) in [5, 5.41) is 23.4. The SMILES string of the molecule is Cc1ccc(C)c(-c2ccc(C#Cc3csc(C)n3)cn2)c1.Cc1nc(C#Cc2ccc(-n3ccc4ccccc43)nc2)cs1.Cc1nc(C#Cc2ccc(N3CCSCC3)nc2)cs1.Cc1nc(C#Cc2ccc(NC3CCC3)nc2)cs1.Cc1nc(C#Cc2cncc(-c3cccc(Cl)c3)c2)cs1.Cc1nc(C#Cc2cncc(Cc3cccnc3)c2)cs1. The molecule has 16 nitrogen and oxygen atoms in total. The molecular formula is C102H83ClN16S7. The largest absolute Gasteiger partial charge is 0.367 e. The zero-order valence-electron chi connectivity index (χ0n) is 70.3. The van der Waals surface area contributed by atoms with Crippen LogP contribution in [0.15, 0.2) is 246 Å². The van der Waals surface area contributed by atoms with E-state index in [9.17, 15) is 0 Å². The number of nitrogens with zero attached hydrogens (tertiary/aromatic N) is 15. The fraction of sp³-hybridized carbons (Fsp3) is 0.167. The molecule has 0 bridgehead atoms. The van der Waals surface area contributed by atoms with Crippen LogP contribution in [0.3, 0.4) is 0 Å². The number of benzene rings is 3. The van der Waals surface area contributed by atoms with Crippen LogP contribution >= 0.6 is 91.4 Å². The van der Waals surface area contributed by atoms with E-state index in [1.54, 1.807) is 92.8 Å². The number of para-hydroxylation sites is 1. The van der Waals surface area contributed by atoms with Gasteiger partial charge in [-0.25, -0.2) is 44.9 Å². The fourth-order valence-corrected chi connectivity index (χ4v) is 16.7. The summed E-state index contributed by atoms with van der Waals surface area (Å²) in [7, 11) is 0. The minimum Gasteiger partial charge on any atom is -0.367 e. The van der Waals surface area contributed by atoms with E-state index < -0.39 is 0 Å². The third kappa shape index (κ3) is 27.6. The highest BCUT2D eigenvalue weighted by atomic mass is 35.5. The van der Waals surface area contributed by atoms with Crippen molar-refractivity contribution in [2.24, 2.45) is 0 Å². The van der Waals surface area contributed by atoms with E-state index in [4.69, 9.17) is 11.6 Å². The zero-order valence-corrected chi connectivity index (χ0v) is 76.8. The molecule has 24 heteroatoms. The van der Waals surface area contributed by atoms with Crippen LogP contribution in [0, 0.1) is 126 Å². The number of thiazole rings is 6. The molecule has 0 spiro atoms. The van der Waals surface area contributed by atoms with Gasteiger partial charge in [-0.15, -0.1) is 68.0 Å². The number of thioether (sulfide) groups is 1. The summed E-state index contributed by atoms with van der Waals surface area (Å²) >= 11 is 17.7. The van der Waals surface area contributed by atoms with E-state index in [-0.39, 0.29) is 0 Å². The molecule has 1 aliphatic heterocycles. The Morgan fingerprint density at radius 1 is 0.397 bits per heavy atom. The number of anilines is 2. The molecular weight excluding hydrogens is 1710 g/mol. The second kappa shape index (κ2) is 45.3. The average molecular weight is 1790 g/mol. The molecule has 126 heavy (non-hydrogen) atoms. The van der Waals surface area contributed by atoms with Crippen molar-refractivity contribution >= 4 is 114 Å². The summed E-state index contributed by atoms with van der Waals surface area (Å²) in [6.45, 7) is 18.3. The molecule has 0 amide bonds. The lowest BCUT2D eigenvalue weighted by Crippen LogP contribution is -2.32. The molecule has 1 aliphatic carbocycles. The number of fused-ring (bicyclic) bond motifs is 1. The Kier molecular flexibility index (Phi) is 32.0. The number of rotatable bonds is 8. The van der Waals surface area contributed by atoms with Crippen LogP contribution in [0.4, 0.5) is 11.6 Å². The van der Waals surface area contributed by atoms with Gasteiger partial charge in [0.1, 0.15) is 51.6 Å². The summed E-state index contributed by atoms with van der Waals surface area (Å²) in [5.74, 6) is 42.3. The number of pyridine rings is 7. The minimum absolute atomic E-state index is 0.613. The maximum absolute atomic E-state index is 6.02. The number of nitrogens with one attached hydrogen (secondary N) is 1. The molecule has 2 fully saturated rings. The number of hydrogen-bond acceptors (Lipinski definition) is 22. The molecule has 620 valence electrons. The van der Waals surface area contributed by atoms with E-state index in [0.29, 0.717) is 11.1 Å². The Balaban J connectivity index is 0.000000123. The third-order valence-corrected chi connectivity index (χ3v) is 24.7. The van der Waals surface area contributed by atoms with Gasteiger partial charge in [-0.3, -0.25) is 19.9 Å². The number of aromatic nitrogens is 14. The average Bonchev–Trinajstić information content (AvgIpc) is 1.64. The molecule has 0 radical (unpaired) electrons. The van der Waals surface area contributed by atoms with E-state index in [1.165, 1.54) is 58.4 Å². The van der Waals surface area contributed by atoms with E-state index in [0.717, 1.165) is 162 Å². The van der Waals surface area contributed by atoms with Crippen LogP contribution in [0.5, 0.6) is 0 Å². The first-order chi connectivity index (χ1) is 61.5. The van der Waals surface area contributed by atoms with Gasteiger partial charge in [-0.2, -0.15) is 11.8 Å². The molecule has 0 unspecified atom stereocenters. The monoisotopic (exact) mass is 1790 g/mol. The van der Waals surface area contributed by atoms with Gasteiger partial charge in [0.05, 0.1) is 41.3 Å². The highest BCUT2D eigenvalue weighted by Crippen LogP contribution is 2.28. The fourth-order valence-electron chi connectivity index (χ4n) is 12.3. The smallest absolute Gasteiger partial charge is 0.137 e. The highest BCUT2D eigenvalue weighted by molar-refractivity contribution is 7.99. The quantitative estimate of drug-likeness (QED) is 0.141. The standard InChI is InChI=1S/C19H13N3S.C19H16N2S.C17H11ClN2S.C17H13N3S.C15H15N3S2.C15H15N3S/c1-14-21-17(13-23-14)8-6-15-7-9-19(20-12-15)22-11-10-16-4-2-3-5-18(16)22;1-13-4-5-14(2)18(10-13)19-9-7-16(11-20-19)6-8-17-12-22-15(3)21-17;1-12-20-17(11-21-12)6-5-13-7-15(10-19-9-13)14-3-2-4-16(18)8-14;1-13-20-17(12-21-13)5-4-15-8-16(11-19-10-15)7-14-3-2-6-18-9-14;1-12-17-14(11-20-12)4-2-13-3-5-15(16-10-13)18-6-8-19-9-7-18;1-11-17-14(10-19-11)7-5-12-6-8-15(16-9-12)18-13-3-2-4-13/h2-5,7,9-13H,1H3;4-5,7,9-12H,1-3H3;2-4,7-11H,1H3;2-3,6,8-12H,7H2,1H3;3,5,10-11H,6-9H2,1H3;6,8-10,13H,2-4H2,1H3,(H,16,18). The molecule has 1 saturated carbocycles. The maximum Gasteiger partial charge on any atom is 0.137 e. The topological polar surface area (TPSA) is 188 Å². The van der Waals surface area contributed by atoms with E-state index in [2.05, 4.69) is 219 Å². The van der Waals surface area contributed by atoms with Crippen LogP contribution in [-0.4, -0.2) is 100.0 Å². The maximum atomic E-state index is 6.02. The predicted molar refractivity (Wildman–Crippen MR) is 522 cm³/mol. The normalized spacial score (nSPS) is 11.5. The Labute approximate surface area is 768 Å². The summed E-state index contributed by atoms with van der Waals surface area (Å²) in [5.41, 5.74) is 20.4. The van der Waals surface area contributed by atoms with Crippen molar-refractivity contribution in [1.29, 1.82) is 0 Å². The molecule has 19 rings (SSSR count). The third-order valence-electron chi connectivity index (χ3n) is 18.9. The molecule has 0 atom stereocenters. The molecule has 15 heterocycles. The van der Waals surface area contributed by atoms with Crippen LogP contribution in [0.1, 0.15) is 139 Å². The summed E-state index contributed by atoms with van der Waals surface area (Å²) < 4.78 is 2.08. The van der Waals surface area contributed by atoms with Crippen molar-refractivity contribution in [3.05, 3.63) is 371 Å². The van der Waals surface area contributed by atoms with Crippen LogP contribution in [-0.2, 0) is 6.42 Å². The second-order valence-corrected chi connectivity index (χ2v) is 36.7. The molecule has 3 aromatic carbocycles. The van der Waals surface area contributed by atoms with Gasteiger partial charge in [0.15, 0.2) is 0 Å². The molecule has 14 aromatic heterocycles. The zero-order chi connectivity index (χ0) is 87.2. The molecule has 1 N–H and O–H groups in total. The second-order valence-electron chi connectivity index (χ2n) is 28.7. The van der Waals surface area contributed by atoms with Gasteiger partial charge < -0.3 is 14.8 Å². The van der Waals surface area contributed by atoms with Gasteiger partial charge in [0, 0.05) is 187 Å². The summed E-state index contributed by atoms with van der Waals surface area (Å²) in [6, 6.07) is 49.3. The first kappa shape index (κ1) is 88.9. The van der Waals surface area contributed by atoms with Crippen molar-refractivity contribution in [1.82, 2.24) is 69.4 Å². The summed E-state index contributed by atoms with van der Waals surface area (Å²) in [4.78, 5) is 58.9. The highest BCUT2D eigenvalue weighted by Gasteiger charge is 2.18. The summed E-state index contributed by atoms with van der Waals surface area (Å²) in [6.07, 6.45) is 24.8. The van der Waals surface area contributed by atoms with Crippen molar-refractivity contribution < 1.29 is 0 Å². The van der Waals surface area contributed by atoms with Crippen molar-refractivity contribution in [3.63, 3.8) is 0 Å². The lowest BCUT2D eigenvalue weighted by atomic mass is 9.93. The number of hydrogen-bond donors (Lipinski definition) is 1. The van der Waals surface area contributed by atoms with E-state index >= 15 is 0 Å². The molecule has 17 aromatic rings. The molecule has 1 saturated heterocycles. The van der Waals surface area contributed by atoms with Crippen molar-refractivity contribution in [2.45, 2.75) is 87.1 Å².